The van der Waals surface area contributed by atoms with Crippen LogP contribution in [0.15, 0.2) is 41.1 Å². The predicted octanol–water partition coefficient (Wildman–Crippen LogP) is 2.21. The molecule has 0 spiro atoms. The topological polar surface area (TPSA) is 91.2 Å². The van der Waals surface area contributed by atoms with Gasteiger partial charge in [0.05, 0.1) is 17.5 Å². The number of ether oxygens (including phenoxy) is 1. The second-order valence-electron chi connectivity index (χ2n) is 4.53. The maximum Gasteiger partial charge on any atom is 0.252 e. The number of hydrogen-bond acceptors (Lipinski definition) is 5. The van der Waals surface area contributed by atoms with Crippen molar-refractivity contribution in [3.63, 3.8) is 0 Å². The van der Waals surface area contributed by atoms with E-state index in [0.29, 0.717) is 34.8 Å². The predicted molar refractivity (Wildman–Crippen MR) is 75.8 cm³/mol. The fourth-order valence-corrected chi connectivity index (χ4v) is 2.12. The van der Waals surface area contributed by atoms with E-state index in [0.717, 1.165) is 5.69 Å². The van der Waals surface area contributed by atoms with Gasteiger partial charge in [-0.2, -0.15) is 0 Å². The van der Waals surface area contributed by atoms with Crippen LogP contribution in [0.5, 0.6) is 5.88 Å². The molecule has 0 aliphatic heterocycles. The van der Waals surface area contributed by atoms with Gasteiger partial charge in [-0.05, 0) is 19.1 Å². The highest BCUT2D eigenvalue weighted by Gasteiger charge is 2.16. The van der Waals surface area contributed by atoms with E-state index in [1.807, 2.05) is 18.2 Å². The lowest BCUT2D eigenvalue weighted by atomic mass is 10.1. The normalized spacial score (nSPS) is 10.7. The molecule has 3 heterocycles. The first-order chi connectivity index (χ1) is 10.1. The number of amides is 1. The molecule has 0 radical (unpaired) electrons. The number of nitrogens with zero attached hydrogens (tertiary/aromatic N) is 2. The van der Waals surface area contributed by atoms with Crippen LogP contribution >= 0.6 is 0 Å². The van der Waals surface area contributed by atoms with Crippen LogP contribution < -0.4 is 10.5 Å². The summed E-state index contributed by atoms with van der Waals surface area (Å²) in [5.41, 5.74) is 7.02. The minimum atomic E-state index is -0.534. The van der Waals surface area contributed by atoms with E-state index in [1.165, 1.54) is 6.20 Å². The van der Waals surface area contributed by atoms with Crippen molar-refractivity contribution < 1.29 is 13.9 Å². The summed E-state index contributed by atoms with van der Waals surface area (Å²) in [7, 11) is 0. The summed E-state index contributed by atoms with van der Waals surface area (Å²) in [5, 5.41) is 0.603. The zero-order valence-corrected chi connectivity index (χ0v) is 11.4. The molecule has 0 atom stereocenters. The van der Waals surface area contributed by atoms with Crippen molar-refractivity contribution in [3.8, 4) is 5.88 Å². The number of pyridine rings is 2. The van der Waals surface area contributed by atoms with Crippen LogP contribution in [-0.4, -0.2) is 15.9 Å². The third-order valence-electron chi connectivity index (χ3n) is 3.07. The summed E-state index contributed by atoms with van der Waals surface area (Å²) in [6.45, 7) is 1.98. The van der Waals surface area contributed by atoms with Gasteiger partial charge in [0, 0.05) is 17.6 Å². The molecule has 0 unspecified atom stereocenters. The van der Waals surface area contributed by atoms with Gasteiger partial charge < -0.3 is 14.9 Å². The number of primary amides is 1. The van der Waals surface area contributed by atoms with E-state index >= 15 is 0 Å². The Morgan fingerprint density at radius 2 is 2.24 bits per heavy atom. The minimum absolute atomic E-state index is 0.294. The van der Waals surface area contributed by atoms with Gasteiger partial charge in [-0.15, -0.1) is 0 Å². The lowest BCUT2D eigenvalue weighted by Crippen LogP contribution is -2.11. The molecule has 6 nitrogen and oxygen atoms in total. The number of carbonyl (C=O) groups is 1. The number of carbonyl (C=O) groups excluding carboxylic acids is 1. The second-order valence-corrected chi connectivity index (χ2v) is 4.53. The molecule has 0 saturated carbocycles. The molecular formula is C15H13N3O3. The number of furan rings is 1. The summed E-state index contributed by atoms with van der Waals surface area (Å²) < 4.78 is 11.0. The molecule has 106 valence electrons. The molecule has 0 aliphatic rings. The van der Waals surface area contributed by atoms with Crippen LogP contribution in [0.25, 0.3) is 11.0 Å². The van der Waals surface area contributed by atoms with Crippen LogP contribution in [-0.2, 0) is 6.61 Å². The highest BCUT2D eigenvalue weighted by molar-refractivity contribution is 6.06. The fraction of sp³-hybridized carbons (Fsp3) is 0.133. The van der Waals surface area contributed by atoms with Crippen molar-refractivity contribution in [1.82, 2.24) is 9.97 Å². The molecule has 21 heavy (non-hydrogen) atoms. The molecule has 0 saturated heterocycles. The molecule has 0 fully saturated rings. The first-order valence-electron chi connectivity index (χ1n) is 6.37. The molecule has 0 aromatic carbocycles. The summed E-state index contributed by atoms with van der Waals surface area (Å²) >= 11 is 0. The van der Waals surface area contributed by atoms with Crippen molar-refractivity contribution >= 4 is 16.9 Å². The maximum absolute atomic E-state index is 11.5. The van der Waals surface area contributed by atoms with Gasteiger partial charge in [0.1, 0.15) is 12.4 Å². The Balaban J connectivity index is 1.90. The molecule has 3 aromatic rings. The molecule has 0 aliphatic carbocycles. The average Bonchev–Trinajstić information content (AvgIpc) is 2.81. The Hall–Kier alpha value is -2.89. The molecule has 6 heteroatoms. The van der Waals surface area contributed by atoms with Gasteiger partial charge in [-0.25, -0.2) is 4.98 Å². The van der Waals surface area contributed by atoms with Gasteiger partial charge in [0.2, 0.25) is 5.88 Å². The summed E-state index contributed by atoms with van der Waals surface area (Å²) in [6.07, 6.45) is 3.21. The number of aromatic nitrogens is 2. The highest BCUT2D eigenvalue weighted by Crippen LogP contribution is 2.27. The Bertz CT molecular complexity index is 797. The lowest BCUT2D eigenvalue weighted by molar-refractivity contribution is 0.1000. The van der Waals surface area contributed by atoms with E-state index in [2.05, 4.69) is 9.97 Å². The standard InChI is InChI=1S/C15H13N3O3/c1-9-14(15(16)19)11-6-13(18-7-12(11)21-9)20-8-10-4-2-3-5-17-10/h2-7H,8H2,1H3,(H2,16,19). The Labute approximate surface area is 120 Å². The summed E-state index contributed by atoms with van der Waals surface area (Å²) in [6, 6.07) is 7.22. The van der Waals surface area contributed by atoms with E-state index in [4.69, 9.17) is 14.9 Å². The van der Waals surface area contributed by atoms with E-state index in [9.17, 15) is 4.79 Å². The quantitative estimate of drug-likeness (QED) is 0.792. The number of rotatable bonds is 4. The van der Waals surface area contributed by atoms with Crippen LogP contribution in [0.1, 0.15) is 21.8 Å². The van der Waals surface area contributed by atoms with Gasteiger partial charge in [0.25, 0.3) is 5.91 Å². The van der Waals surface area contributed by atoms with Crippen LogP contribution in [0.4, 0.5) is 0 Å². The molecule has 2 N–H and O–H groups in total. The SMILES string of the molecule is Cc1oc2cnc(OCc3ccccn3)cc2c1C(N)=O. The van der Waals surface area contributed by atoms with Crippen molar-refractivity contribution in [2.24, 2.45) is 5.73 Å². The fourth-order valence-electron chi connectivity index (χ4n) is 2.12. The molecule has 1 amide bonds. The Morgan fingerprint density at radius 1 is 1.38 bits per heavy atom. The Morgan fingerprint density at radius 3 is 2.95 bits per heavy atom. The second kappa shape index (κ2) is 5.24. The summed E-state index contributed by atoms with van der Waals surface area (Å²) in [4.78, 5) is 19.8. The van der Waals surface area contributed by atoms with Crippen molar-refractivity contribution in [2.45, 2.75) is 13.5 Å². The van der Waals surface area contributed by atoms with Crippen molar-refractivity contribution in [2.75, 3.05) is 0 Å². The molecule has 3 aromatic heterocycles. The van der Waals surface area contributed by atoms with E-state index in [-0.39, 0.29) is 0 Å². The largest absolute Gasteiger partial charge is 0.471 e. The third kappa shape index (κ3) is 2.55. The van der Waals surface area contributed by atoms with Gasteiger partial charge in [-0.1, -0.05) is 6.07 Å². The van der Waals surface area contributed by atoms with Crippen LogP contribution in [0.3, 0.4) is 0 Å². The Kier molecular flexibility index (Phi) is 3.27. The average molecular weight is 283 g/mol. The summed E-state index contributed by atoms with van der Waals surface area (Å²) in [5.74, 6) is 0.325. The molecule has 3 rings (SSSR count). The van der Waals surface area contributed by atoms with Gasteiger partial charge in [0.15, 0.2) is 5.58 Å². The first kappa shape index (κ1) is 13.1. The number of fused-ring (bicyclic) bond motifs is 1. The highest BCUT2D eigenvalue weighted by atomic mass is 16.5. The van der Waals surface area contributed by atoms with Crippen LogP contribution in [0.2, 0.25) is 0 Å². The smallest absolute Gasteiger partial charge is 0.252 e. The number of aryl methyl sites for hydroxylation is 1. The number of hydrogen-bond donors (Lipinski definition) is 1. The van der Waals surface area contributed by atoms with Crippen molar-refractivity contribution in [1.29, 1.82) is 0 Å². The zero-order valence-electron chi connectivity index (χ0n) is 11.4. The first-order valence-corrected chi connectivity index (χ1v) is 6.37. The van der Waals surface area contributed by atoms with E-state index in [1.54, 1.807) is 19.2 Å². The third-order valence-corrected chi connectivity index (χ3v) is 3.07. The molecule has 0 bridgehead atoms. The van der Waals surface area contributed by atoms with E-state index < -0.39 is 5.91 Å². The minimum Gasteiger partial charge on any atom is -0.471 e. The van der Waals surface area contributed by atoms with Crippen LogP contribution in [0, 0.1) is 6.92 Å². The zero-order chi connectivity index (χ0) is 14.8. The van der Waals surface area contributed by atoms with Gasteiger partial charge >= 0.3 is 0 Å². The van der Waals surface area contributed by atoms with Gasteiger partial charge in [-0.3, -0.25) is 9.78 Å². The monoisotopic (exact) mass is 283 g/mol. The van der Waals surface area contributed by atoms with Crippen molar-refractivity contribution in [3.05, 3.63) is 53.7 Å². The maximum atomic E-state index is 11.5. The number of nitrogens with two attached hydrogens (primary N) is 1. The molecular weight excluding hydrogens is 270 g/mol. The lowest BCUT2D eigenvalue weighted by Gasteiger charge is -2.04.